The van der Waals surface area contributed by atoms with Crippen LogP contribution in [-0.2, 0) is 38.7 Å². The average Bonchev–Trinajstić information content (AvgIpc) is 3.13. The normalized spacial score (nSPS) is 24.5. The molecule has 1 saturated heterocycles. The van der Waals surface area contributed by atoms with E-state index in [9.17, 15) is 24.0 Å². The van der Waals surface area contributed by atoms with Crippen LogP contribution in [0.1, 0.15) is 47.1 Å². The molecule has 38 heavy (non-hydrogen) atoms. The summed E-state index contributed by atoms with van der Waals surface area (Å²) >= 11 is -0.393. The summed E-state index contributed by atoms with van der Waals surface area (Å²) in [7, 11) is 0. The number of esters is 3. The second kappa shape index (κ2) is 11.9. The van der Waals surface area contributed by atoms with Crippen LogP contribution in [0.4, 0.5) is 0 Å². The summed E-state index contributed by atoms with van der Waals surface area (Å²) in [6.45, 7) is 3.31. The summed E-state index contributed by atoms with van der Waals surface area (Å²) in [5.74, 6) is -3.09. The Kier molecular flexibility index (Phi) is 8.61. The third-order valence-corrected chi connectivity index (χ3v) is 8.61. The van der Waals surface area contributed by atoms with Gasteiger partial charge in [-0.1, -0.05) is 0 Å². The van der Waals surface area contributed by atoms with Crippen molar-refractivity contribution < 1.29 is 42.9 Å². The Bertz CT molecular complexity index is 1200. The van der Waals surface area contributed by atoms with Crippen LogP contribution in [0, 0.1) is 0 Å². The van der Waals surface area contributed by atoms with Gasteiger partial charge in [0.1, 0.15) is 0 Å². The minimum absolute atomic E-state index is 0.222. The van der Waals surface area contributed by atoms with Gasteiger partial charge in [-0.15, -0.1) is 0 Å². The first-order valence-electron chi connectivity index (χ1n) is 11.9. The van der Waals surface area contributed by atoms with Crippen LogP contribution in [0.3, 0.4) is 0 Å². The molecule has 2 aromatic rings. The number of fused-ring (bicyclic) bond motifs is 1. The van der Waals surface area contributed by atoms with E-state index >= 15 is 0 Å². The monoisotopic (exact) mass is 589 g/mol. The van der Waals surface area contributed by atoms with E-state index in [1.807, 2.05) is 30.3 Å². The quantitative estimate of drug-likeness (QED) is 0.196. The zero-order chi connectivity index (χ0) is 27.4. The summed E-state index contributed by atoms with van der Waals surface area (Å²) in [6.07, 6.45) is -3.49. The molecule has 2 heterocycles. The second-order valence-corrected chi connectivity index (χ2v) is 11.1. The number of benzene rings is 2. The summed E-state index contributed by atoms with van der Waals surface area (Å²) in [4.78, 5) is 64.0. The molecule has 0 radical (unpaired) electrons. The summed E-state index contributed by atoms with van der Waals surface area (Å²) in [6, 6.07) is 14.9. The molecular weight excluding hydrogens is 561 g/mol. The van der Waals surface area contributed by atoms with Gasteiger partial charge < -0.3 is 0 Å². The van der Waals surface area contributed by atoms with Gasteiger partial charge in [-0.05, 0) is 0 Å². The molecule has 4 rings (SSSR count). The fourth-order valence-corrected chi connectivity index (χ4v) is 7.14. The van der Waals surface area contributed by atoms with Crippen LogP contribution in [0.25, 0.3) is 0 Å². The molecule has 0 saturated carbocycles. The van der Waals surface area contributed by atoms with E-state index < -0.39 is 74.0 Å². The van der Waals surface area contributed by atoms with Gasteiger partial charge in [-0.2, -0.15) is 0 Å². The first kappa shape index (κ1) is 27.5. The van der Waals surface area contributed by atoms with Gasteiger partial charge in [0, 0.05) is 0 Å². The molecule has 2 amide bonds. The van der Waals surface area contributed by atoms with Crippen molar-refractivity contribution in [2.45, 2.75) is 55.4 Å². The fourth-order valence-electron chi connectivity index (χ4n) is 4.53. The third kappa shape index (κ3) is 5.96. The Morgan fingerprint density at radius 1 is 0.816 bits per heavy atom. The fraction of sp³-hybridized carbons (Fsp3) is 0.370. The van der Waals surface area contributed by atoms with Gasteiger partial charge in [0.2, 0.25) is 0 Å². The molecule has 0 aromatic heterocycles. The first-order valence-corrected chi connectivity index (χ1v) is 14.1. The number of hydrogen-bond donors (Lipinski definition) is 0. The van der Waals surface area contributed by atoms with Gasteiger partial charge in [-0.25, -0.2) is 0 Å². The predicted molar refractivity (Wildman–Crippen MR) is 133 cm³/mol. The van der Waals surface area contributed by atoms with Crippen molar-refractivity contribution in [3.8, 4) is 0 Å². The molecule has 0 aliphatic carbocycles. The molecule has 2 aliphatic heterocycles. The number of carbonyl (C=O) groups excluding carboxylic acids is 5. The van der Waals surface area contributed by atoms with Crippen molar-refractivity contribution >= 4 is 44.7 Å². The molecule has 2 aromatic carbocycles. The van der Waals surface area contributed by atoms with Gasteiger partial charge in [0.25, 0.3) is 0 Å². The molecular formula is C27H27NO9Se. The Morgan fingerprint density at radius 2 is 1.37 bits per heavy atom. The summed E-state index contributed by atoms with van der Waals surface area (Å²) in [5, 5.41) is -0.203. The molecule has 5 atom stereocenters. The number of rotatable bonds is 8. The first-order chi connectivity index (χ1) is 18.2. The molecule has 0 N–H and O–H groups in total. The van der Waals surface area contributed by atoms with E-state index in [2.05, 4.69) is 0 Å². The Hall–Kier alpha value is -3.53. The second-order valence-electron chi connectivity index (χ2n) is 8.81. The van der Waals surface area contributed by atoms with Crippen molar-refractivity contribution in [1.82, 2.24) is 4.90 Å². The van der Waals surface area contributed by atoms with Crippen LogP contribution < -0.4 is 0 Å². The molecule has 10 nitrogen and oxygen atoms in total. The van der Waals surface area contributed by atoms with E-state index in [0.717, 1.165) is 10.5 Å². The molecule has 0 bridgehead atoms. The van der Waals surface area contributed by atoms with Crippen molar-refractivity contribution in [3.05, 3.63) is 71.3 Å². The minimum atomic E-state index is -1.25. The van der Waals surface area contributed by atoms with Crippen LogP contribution in [0.15, 0.2) is 54.6 Å². The Balaban J connectivity index is 1.77. The molecule has 11 heteroatoms. The van der Waals surface area contributed by atoms with Crippen LogP contribution >= 0.6 is 0 Å². The Labute approximate surface area is 225 Å². The summed E-state index contributed by atoms with van der Waals surface area (Å²) < 4.78 is 22.7. The van der Waals surface area contributed by atoms with E-state index in [0.29, 0.717) is 5.32 Å². The van der Waals surface area contributed by atoms with E-state index in [1.54, 1.807) is 24.3 Å². The molecule has 0 spiro atoms. The maximum absolute atomic E-state index is 13.5. The topological polar surface area (TPSA) is 126 Å². The molecule has 1 fully saturated rings. The van der Waals surface area contributed by atoms with Gasteiger partial charge in [0.15, 0.2) is 0 Å². The number of hydrogen-bond acceptors (Lipinski definition) is 9. The number of imide groups is 1. The molecule has 2 aliphatic rings. The van der Waals surface area contributed by atoms with Gasteiger partial charge in [-0.3, -0.25) is 0 Å². The molecule has 200 valence electrons. The summed E-state index contributed by atoms with van der Waals surface area (Å²) in [5.41, 5.74) is 1.46. The van der Waals surface area contributed by atoms with Crippen molar-refractivity contribution in [2.75, 3.05) is 6.61 Å². The average molecular weight is 588 g/mol. The zero-order valence-corrected chi connectivity index (χ0v) is 22.7. The van der Waals surface area contributed by atoms with E-state index in [-0.39, 0.29) is 17.7 Å². The van der Waals surface area contributed by atoms with Crippen molar-refractivity contribution in [3.63, 3.8) is 0 Å². The van der Waals surface area contributed by atoms with Gasteiger partial charge >= 0.3 is 226 Å². The van der Waals surface area contributed by atoms with Crippen LogP contribution in [-0.4, -0.2) is 85.5 Å². The van der Waals surface area contributed by atoms with Gasteiger partial charge in [0.05, 0.1) is 0 Å². The zero-order valence-electron chi connectivity index (χ0n) is 21.0. The number of amides is 2. The Morgan fingerprint density at radius 3 is 1.92 bits per heavy atom. The molecule has 0 unspecified atom stereocenters. The van der Waals surface area contributed by atoms with Crippen molar-refractivity contribution in [2.24, 2.45) is 0 Å². The third-order valence-electron chi connectivity index (χ3n) is 6.05. The van der Waals surface area contributed by atoms with E-state index in [1.165, 1.54) is 20.8 Å². The number of nitrogens with zero attached hydrogens (tertiary/aromatic N) is 1. The maximum atomic E-state index is 13.5. The van der Waals surface area contributed by atoms with Crippen LogP contribution in [0.5, 0.6) is 0 Å². The number of carbonyl (C=O) groups is 5. The number of ether oxygens (including phenoxy) is 4. The predicted octanol–water partition coefficient (Wildman–Crippen LogP) is 1.71. The van der Waals surface area contributed by atoms with Crippen molar-refractivity contribution in [1.29, 1.82) is 0 Å². The standard InChI is InChI=1S/C27H27NO9Se/c1-15(29)34-13-21-23(35-16(2)30)24(36-17(3)31)22(27(37-21)38-14-18-9-5-4-6-10-18)28-25(32)19-11-7-8-12-20(19)26(28)33/h4-12,21-24,27H,13-14H2,1-3H3/t21-,22-,23-,24-,27+/m1/s1. The SMILES string of the molecule is CC(=O)OC[C@H]1O[C@@H]([Se]Cc2ccccc2)[C@H](N2C(=O)c3ccccc3C2=O)[C@@H](OC(C)=O)[C@@H]1OC(C)=O. The van der Waals surface area contributed by atoms with E-state index in [4.69, 9.17) is 18.9 Å². The van der Waals surface area contributed by atoms with Crippen LogP contribution in [0.2, 0.25) is 0 Å².